The molecule has 7 atom stereocenters. The predicted molar refractivity (Wildman–Crippen MR) is 400 cm³/mol. The van der Waals surface area contributed by atoms with E-state index in [1.165, 1.54) is 148 Å². The topological polar surface area (TPSA) is 237 Å². The van der Waals surface area contributed by atoms with E-state index >= 15 is 0 Å². The number of unbranched alkanes of at least 4 members (excludes halogenated alkanes) is 36. The molecular formula is C79H146O17P2. The van der Waals surface area contributed by atoms with E-state index in [1.807, 2.05) is 0 Å². The van der Waals surface area contributed by atoms with Crippen LogP contribution in [0.25, 0.3) is 0 Å². The summed E-state index contributed by atoms with van der Waals surface area (Å²) >= 11 is 0. The summed E-state index contributed by atoms with van der Waals surface area (Å²) in [6.07, 6.45) is 64.0. The van der Waals surface area contributed by atoms with Gasteiger partial charge in [0, 0.05) is 25.7 Å². The molecule has 0 spiro atoms. The van der Waals surface area contributed by atoms with E-state index < -0.39 is 97.5 Å². The number of esters is 4. The summed E-state index contributed by atoms with van der Waals surface area (Å²) in [5.41, 5.74) is 0. The Morgan fingerprint density at radius 3 is 0.857 bits per heavy atom. The first-order valence-corrected chi connectivity index (χ1v) is 42.7. The van der Waals surface area contributed by atoms with Gasteiger partial charge in [0.05, 0.1) is 26.4 Å². The molecule has 0 aromatic carbocycles. The van der Waals surface area contributed by atoms with Gasteiger partial charge >= 0.3 is 39.5 Å². The highest BCUT2D eigenvalue weighted by Crippen LogP contribution is 2.45. The van der Waals surface area contributed by atoms with Gasteiger partial charge in [-0.25, -0.2) is 9.13 Å². The highest BCUT2D eigenvalue weighted by atomic mass is 31.2. The van der Waals surface area contributed by atoms with E-state index in [0.717, 1.165) is 134 Å². The molecule has 0 bridgehead atoms. The van der Waals surface area contributed by atoms with E-state index in [9.17, 15) is 43.2 Å². The zero-order valence-electron chi connectivity index (χ0n) is 63.1. The van der Waals surface area contributed by atoms with Crippen LogP contribution in [0, 0.1) is 11.8 Å². The Kier molecular flexibility index (Phi) is 67.6. The smallest absolute Gasteiger partial charge is 0.462 e. The maximum absolute atomic E-state index is 13.1. The molecule has 574 valence electrons. The molecule has 98 heavy (non-hydrogen) atoms. The number of hydrogen-bond acceptors (Lipinski definition) is 15. The van der Waals surface area contributed by atoms with Crippen molar-refractivity contribution in [1.82, 2.24) is 0 Å². The minimum Gasteiger partial charge on any atom is -0.462 e. The summed E-state index contributed by atoms with van der Waals surface area (Å²) in [5, 5.41) is 10.6. The number of aliphatic hydroxyl groups excluding tert-OH is 1. The number of aliphatic hydroxyl groups is 1. The predicted octanol–water partition coefficient (Wildman–Crippen LogP) is 22.6. The number of carbonyl (C=O) groups is 4. The van der Waals surface area contributed by atoms with Crippen molar-refractivity contribution in [2.24, 2.45) is 11.8 Å². The molecular weight excluding hydrogens is 1280 g/mol. The number of carbonyl (C=O) groups excluding carboxylic acids is 4. The first-order chi connectivity index (χ1) is 47.4. The Morgan fingerprint density at radius 1 is 0.327 bits per heavy atom. The minimum atomic E-state index is -4.97. The quantitative estimate of drug-likeness (QED) is 0.0169. The first kappa shape index (κ1) is 95.0. The molecule has 0 fully saturated rings. The number of phosphoric ester groups is 2. The van der Waals surface area contributed by atoms with Gasteiger partial charge in [-0.2, -0.15) is 0 Å². The van der Waals surface area contributed by atoms with Crippen molar-refractivity contribution in [1.29, 1.82) is 0 Å². The molecule has 0 saturated carbocycles. The van der Waals surface area contributed by atoms with Crippen LogP contribution in [0.2, 0.25) is 0 Å². The number of ether oxygens (including phenoxy) is 4. The third-order valence-corrected chi connectivity index (χ3v) is 19.8. The van der Waals surface area contributed by atoms with Crippen LogP contribution < -0.4 is 0 Å². The van der Waals surface area contributed by atoms with Gasteiger partial charge in [-0.3, -0.25) is 37.3 Å². The van der Waals surface area contributed by atoms with Crippen molar-refractivity contribution >= 4 is 39.5 Å². The van der Waals surface area contributed by atoms with Gasteiger partial charge in [-0.1, -0.05) is 308 Å². The maximum Gasteiger partial charge on any atom is 0.472 e. The molecule has 0 aliphatic rings. The Bertz CT molecular complexity index is 2080. The second-order valence-corrected chi connectivity index (χ2v) is 30.5. The molecule has 3 N–H and O–H groups in total. The fourth-order valence-corrected chi connectivity index (χ4v) is 12.6. The van der Waals surface area contributed by atoms with Crippen LogP contribution in [0.5, 0.6) is 0 Å². The lowest BCUT2D eigenvalue weighted by atomic mass is 9.99. The average Bonchev–Trinajstić information content (AvgIpc) is 3.75. The van der Waals surface area contributed by atoms with Crippen molar-refractivity contribution in [3.63, 3.8) is 0 Å². The summed E-state index contributed by atoms with van der Waals surface area (Å²) in [4.78, 5) is 72.9. The zero-order valence-corrected chi connectivity index (χ0v) is 64.8. The van der Waals surface area contributed by atoms with Crippen molar-refractivity contribution in [2.45, 2.75) is 381 Å². The lowest BCUT2D eigenvalue weighted by molar-refractivity contribution is -0.161. The zero-order chi connectivity index (χ0) is 72.1. The average molecular weight is 1430 g/mol. The van der Waals surface area contributed by atoms with Crippen LogP contribution in [0.4, 0.5) is 0 Å². The molecule has 0 rings (SSSR count). The van der Waals surface area contributed by atoms with Crippen molar-refractivity contribution in [3.8, 4) is 0 Å². The largest absolute Gasteiger partial charge is 0.472 e. The Labute approximate surface area is 597 Å². The molecule has 4 unspecified atom stereocenters. The lowest BCUT2D eigenvalue weighted by Crippen LogP contribution is -2.30. The normalized spacial score (nSPS) is 14.8. The molecule has 0 radical (unpaired) electrons. The monoisotopic (exact) mass is 1430 g/mol. The van der Waals surface area contributed by atoms with E-state index in [1.54, 1.807) is 0 Å². The maximum atomic E-state index is 13.1. The Hall–Kier alpha value is -2.98. The van der Waals surface area contributed by atoms with E-state index in [2.05, 4.69) is 90.2 Å². The Morgan fingerprint density at radius 2 is 0.571 bits per heavy atom. The number of allylic oxidation sites excluding steroid dienone is 8. The van der Waals surface area contributed by atoms with Crippen LogP contribution in [0.3, 0.4) is 0 Å². The van der Waals surface area contributed by atoms with Gasteiger partial charge in [0.15, 0.2) is 12.2 Å². The second kappa shape index (κ2) is 69.7. The highest BCUT2D eigenvalue weighted by molar-refractivity contribution is 7.47. The highest BCUT2D eigenvalue weighted by Gasteiger charge is 2.30. The van der Waals surface area contributed by atoms with Crippen LogP contribution in [-0.4, -0.2) is 96.7 Å². The molecule has 17 nitrogen and oxygen atoms in total. The molecule has 0 aliphatic carbocycles. The molecule has 0 heterocycles. The number of phosphoric acid groups is 2. The number of hydrogen-bond donors (Lipinski definition) is 3. The third kappa shape index (κ3) is 68.8. The van der Waals surface area contributed by atoms with Gasteiger partial charge in [-0.15, -0.1) is 0 Å². The Balaban J connectivity index is 5.31. The molecule has 0 aromatic rings. The van der Waals surface area contributed by atoms with Gasteiger partial charge in [-0.05, 0) is 88.9 Å². The molecule has 0 aromatic heterocycles. The summed E-state index contributed by atoms with van der Waals surface area (Å²) in [6, 6.07) is 0. The molecule has 0 amide bonds. The van der Waals surface area contributed by atoms with Crippen LogP contribution >= 0.6 is 15.6 Å². The van der Waals surface area contributed by atoms with E-state index in [-0.39, 0.29) is 25.7 Å². The standard InChI is InChI=1S/C79H146O17P2/c1-7-11-13-15-17-19-21-23-25-31-35-39-43-51-57-63-78(83)95-74(67-89-76(81)61-55-49-42-38-34-30-28-27-29-33-37-41-47-53-59-71(5)9-3)69-93-97(85,86)91-65-73(80)66-92-98(87,88)94-70-75(68-90-77(82)62-56-50-46-45-48-54-60-72(6)10-4)96-79(84)64-58-52-44-40-36-32-26-24-22-20-18-16-14-12-8-2/h19-26,71-75,80H,7-18,27-70H2,1-6H3,(H,85,86)(H,87,88)/b21-19-,22-20-,25-23-,26-24-/t71?,72?,73-,74-,75-/m1/s1. The molecule has 0 saturated heterocycles. The third-order valence-electron chi connectivity index (χ3n) is 17.9. The number of rotatable bonds is 74. The van der Waals surface area contributed by atoms with Gasteiger partial charge < -0.3 is 33.8 Å². The molecule has 19 heteroatoms. The first-order valence-electron chi connectivity index (χ1n) is 39.7. The van der Waals surface area contributed by atoms with Gasteiger partial charge in [0.2, 0.25) is 0 Å². The van der Waals surface area contributed by atoms with Crippen LogP contribution in [0.15, 0.2) is 48.6 Å². The van der Waals surface area contributed by atoms with Crippen molar-refractivity contribution < 1.29 is 80.2 Å². The van der Waals surface area contributed by atoms with Crippen LogP contribution in [0.1, 0.15) is 363 Å². The summed E-state index contributed by atoms with van der Waals surface area (Å²) < 4.78 is 68.5. The summed E-state index contributed by atoms with van der Waals surface area (Å²) in [6.45, 7) is 9.49. The van der Waals surface area contributed by atoms with Gasteiger partial charge in [0.1, 0.15) is 19.3 Å². The fraction of sp³-hybridized carbons (Fsp3) is 0.848. The van der Waals surface area contributed by atoms with Crippen molar-refractivity contribution in [2.75, 3.05) is 39.6 Å². The SMILES string of the molecule is CCCCCC/C=C\C=C/CCCCCCCC(=O)O[C@H](COC(=O)CCCCCCCCCCCCCCCCC(C)CC)COP(=O)(O)OC[C@@H](O)COP(=O)(O)OC[C@@H](COC(=O)CCCCCCCCC(C)CC)OC(=O)CCCCCCC/C=C\C=C/CCCCCC. The van der Waals surface area contributed by atoms with E-state index in [4.69, 9.17) is 37.0 Å². The summed E-state index contributed by atoms with van der Waals surface area (Å²) in [7, 11) is -9.94. The van der Waals surface area contributed by atoms with Crippen LogP contribution in [-0.2, 0) is 65.4 Å². The molecule has 0 aliphatic heterocycles. The fourth-order valence-electron chi connectivity index (χ4n) is 11.0. The van der Waals surface area contributed by atoms with E-state index in [0.29, 0.717) is 25.7 Å². The second-order valence-electron chi connectivity index (χ2n) is 27.6. The van der Waals surface area contributed by atoms with Crippen molar-refractivity contribution in [3.05, 3.63) is 48.6 Å². The summed E-state index contributed by atoms with van der Waals surface area (Å²) in [5.74, 6) is -0.602. The van der Waals surface area contributed by atoms with Gasteiger partial charge in [0.25, 0.3) is 0 Å². The minimum absolute atomic E-state index is 0.0816. The lowest BCUT2D eigenvalue weighted by Gasteiger charge is -2.21.